The lowest BCUT2D eigenvalue weighted by Gasteiger charge is -2.26. The number of rotatable bonds is 9. The number of methoxy groups -OCH3 is 1. The van der Waals surface area contributed by atoms with Gasteiger partial charge in [0.1, 0.15) is 10.6 Å². The summed E-state index contributed by atoms with van der Waals surface area (Å²) in [6, 6.07) is 13.6. The summed E-state index contributed by atoms with van der Waals surface area (Å²) in [4.78, 5) is 15.1. The van der Waals surface area contributed by atoms with Crippen LogP contribution in [0.5, 0.6) is 5.75 Å². The van der Waals surface area contributed by atoms with E-state index in [0.717, 1.165) is 18.4 Å². The number of hydrogen-bond acceptors (Lipinski definition) is 5. The van der Waals surface area contributed by atoms with E-state index in [1.807, 2.05) is 4.90 Å². The van der Waals surface area contributed by atoms with Crippen molar-refractivity contribution in [3.63, 3.8) is 0 Å². The van der Waals surface area contributed by atoms with Crippen molar-refractivity contribution in [3.8, 4) is 5.75 Å². The lowest BCUT2D eigenvalue weighted by Crippen LogP contribution is -2.40. The van der Waals surface area contributed by atoms with E-state index in [1.165, 1.54) is 23.1 Å². The monoisotopic (exact) mass is 498 g/mol. The number of hydrogen-bond donors (Lipinski definition) is 0. The molecule has 1 aliphatic carbocycles. The van der Waals surface area contributed by atoms with E-state index in [9.17, 15) is 13.2 Å². The molecule has 0 bridgehead atoms. The van der Waals surface area contributed by atoms with Crippen molar-refractivity contribution >= 4 is 22.0 Å². The number of nitrogens with zero attached hydrogens (tertiary/aromatic N) is 2. The molecule has 0 N–H and O–H groups in total. The highest BCUT2D eigenvalue weighted by atomic mass is 32.2. The maximum absolute atomic E-state index is 13.2. The van der Waals surface area contributed by atoms with Gasteiger partial charge in [0.25, 0.3) is 0 Å². The van der Waals surface area contributed by atoms with Crippen LogP contribution in [0.2, 0.25) is 0 Å². The highest BCUT2D eigenvalue weighted by Crippen LogP contribution is 2.31. The molecule has 0 aromatic heterocycles. The zero-order valence-electron chi connectivity index (χ0n) is 20.6. The van der Waals surface area contributed by atoms with Crippen LogP contribution >= 0.6 is 0 Å². The summed E-state index contributed by atoms with van der Waals surface area (Å²) >= 11 is 0. The molecule has 0 radical (unpaired) electrons. The molecule has 1 amide bonds. The summed E-state index contributed by atoms with van der Waals surface area (Å²) in [5, 5.41) is 0. The van der Waals surface area contributed by atoms with Crippen LogP contribution in [0, 0.1) is 0 Å². The van der Waals surface area contributed by atoms with Crippen LogP contribution < -0.4 is 4.74 Å². The van der Waals surface area contributed by atoms with E-state index in [2.05, 4.69) is 38.1 Å². The van der Waals surface area contributed by atoms with Gasteiger partial charge in [0, 0.05) is 31.8 Å². The predicted molar refractivity (Wildman–Crippen MR) is 136 cm³/mol. The number of benzene rings is 2. The summed E-state index contributed by atoms with van der Waals surface area (Å²) in [6.45, 7) is 6.23. The molecule has 0 spiro atoms. The zero-order chi connectivity index (χ0) is 25.0. The first-order valence-electron chi connectivity index (χ1n) is 12.1. The molecule has 1 saturated carbocycles. The molecule has 2 aromatic carbocycles. The van der Waals surface area contributed by atoms with Gasteiger partial charge in [-0.25, -0.2) is 8.42 Å². The second-order valence-electron chi connectivity index (χ2n) is 9.35. The molecule has 0 atom stereocenters. The van der Waals surface area contributed by atoms with Crippen molar-refractivity contribution in [2.45, 2.75) is 50.1 Å². The maximum Gasteiger partial charge on any atom is 0.247 e. The molecule has 2 aliphatic rings. The third-order valence-corrected chi connectivity index (χ3v) is 8.38. The minimum absolute atomic E-state index is 0.0751. The Morgan fingerprint density at radius 1 is 1.14 bits per heavy atom. The van der Waals surface area contributed by atoms with E-state index in [4.69, 9.17) is 9.47 Å². The van der Waals surface area contributed by atoms with Gasteiger partial charge in [0.05, 0.1) is 20.3 Å². The first-order valence-corrected chi connectivity index (χ1v) is 13.6. The average molecular weight is 499 g/mol. The smallest absolute Gasteiger partial charge is 0.247 e. The fourth-order valence-electron chi connectivity index (χ4n) is 4.17. The minimum Gasteiger partial charge on any atom is -0.495 e. The molecule has 8 heteroatoms. The van der Waals surface area contributed by atoms with Crippen LogP contribution in [0.4, 0.5) is 0 Å². The molecule has 4 rings (SSSR count). The van der Waals surface area contributed by atoms with E-state index >= 15 is 0 Å². The summed E-state index contributed by atoms with van der Waals surface area (Å²) in [5.74, 6) is 0.674. The molecule has 35 heavy (non-hydrogen) atoms. The Morgan fingerprint density at radius 2 is 1.83 bits per heavy atom. The zero-order valence-corrected chi connectivity index (χ0v) is 21.5. The number of carbonyl (C=O) groups excluding carboxylic acids is 1. The number of sulfonamides is 1. The lowest BCUT2D eigenvalue weighted by atomic mass is 10.0. The SMILES string of the molecule is COc1ccc(/C=C/C(=O)N(Cc2ccc(C(C)C)cc2)C2CC2)cc1S(=O)(=O)N1CCOCC1. The van der Waals surface area contributed by atoms with Gasteiger partial charge in [-0.15, -0.1) is 0 Å². The Bertz CT molecular complexity index is 1160. The van der Waals surface area contributed by atoms with Crippen molar-refractivity contribution in [2.24, 2.45) is 0 Å². The number of amides is 1. The third kappa shape index (κ3) is 6.12. The van der Waals surface area contributed by atoms with E-state index < -0.39 is 10.0 Å². The molecule has 1 heterocycles. The van der Waals surface area contributed by atoms with Gasteiger partial charge in [-0.05, 0) is 53.7 Å². The lowest BCUT2D eigenvalue weighted by molar-refractivity contribution is -0.127. The molecule has 1 saturated heterocycles. The highest BCUT2D eigenvalue weighted by molar-refractivity contribution is 7.89. The standard InChI is InChI=1S/C27H34N2O5S/c1-20(2)23-8-4-22(5-9-23)19-29(24-10-11-24)27(30)13-7-21-6-12-25(33-3)26(18-21)35(31,32)28-14-16-34-17-15-28/h4-9,12-13,18,20,24H,10-11,14-17,19H2,1-3H3/b13-7+. The number of ether oxygens (including phenoxy) is 2. The van der Waals surface area contributed by atoms with Gasteiger partial charge < -0.3 is 14.4 Å². The topological polar surface area (TPSA) is 76.2 Å². The summed E-state index contributed by atoms with van der Waals surface area (Å²) in [7, 11) is -2.28. The van der Waals surface area contributed by atoms with Crippen molar-refractivity contribution in [3.05, 3.63) is 65.2 Å². The van der Waals surface area contributed by atoms with Crippen molar-refractivity contribution in [2.75, 3.05) is 33.4 Å². The van der Waals surface area contributed by atoms with E-state index in [-0.39, 0.29) is 22.6 Å². The maximum atomic E-state index is 13.2. The first kappa shape index (κ1) is 25.4. The van der Waals surface area contributed by atoms with Gasteiger partial charge in [-0.2, -0.15) is 4.31 Å². The van der Waals surface area contributed by atoms with Crippen molar-refractivity contribution < 1.29 is 22.7 Å². The minimum atomic E-state index is -3.74. The van der Waals surface area contributed by atoms with Crippen molar-refractivity contribution in [1.82, 2.24) is 9.21 Å². The van der Waals surface area contributed by atoms with E-state index in [1.54, 1.807) is 24.3 Å². The highest BCUT2D eigenvalue weighted by Gasteiger charge is 2.32. The van der Waals surface area contributed by atoms with Crippen LogP contribution in [-0.2, 0) is 26.1 Å². The predicted octanol–water partition coefficient (Wildman–Crippen LogP) is 4.04. The normalized spacial score (nSPS) is 17.1. The van der Waals surface area contributed by atoms with Gasteiger partial charge in [0.15, 0.2) is 0 Å². The Labute approximate surface area is 208 Å². The molecule has 1 aliphatic heterocycles. The number of morpholine rings is 1. The molecular formula is C27H34N2O5S. The quantitative estimate of drug-likeness (QED) is 0.488. The van der Waals surface area contributed by atoms with Crippen LogP contribution in [0.1, 0.15) is 49.3 Å². The van der Waals surface area contributed by atoms with Gasteiger partial charge in [-0.3, -0.25) is 4.79 Å². The first-order chi connectivity index (χ1) is 16.8. The number of carbonyl (C=O) groups is 1. The Kier molecular flexibility index (Phi) is 7.94. The molecule has 2 fully saturated rings. The van der Waals surface area contributed by atoms with E-state index in [0.29, 0.717) is 44.3 Å². The van der Waals surface area contributed by atoms with Crippen molar-refractivity contribution in [1.29, 1.82) is 0 Å². The fourth-order valence-corrected chi connectivity index (χ4v) is 5.76. The van der Waals surface area contributed by atoms with Crippen LogP contribution in [0.25, 0.3) is 6.08 Å². The molecule has 0 unspecified atom stereocenters. The Morgan fingerprint density at radius 3 is 2.43 bits per heavy atom. The summed E-state index contributed by atoms with van der Waals surface area (Å²) in [5.41, 5.74) is 3.01. The van der Waals surface area contributed by atoms with Gasteiger partial charge >= 0.3 is 0 Å². The summed E-state index contributed by atoms with van der Waals surface area (Å²) < 4.78 is 38.5. The molecule has 188 valence electrons. The van der Waals surface area contributed by atoms with Gasteiger partial charge in [-0.1, -0.05) is 44.2 Å². The largest absolute Gasteiger partial charge is 0.495 e. The Hall–Kier alpha value is -2.68. The van der Waals surface area contributed by atoms with Crippen LogP contribution in [0.15, 0.2) is 53.4 Å². The second kappa shape index (κ2) is 10.9. The molecular weight excluding hydrogens is 464 g/mol. The molecule has 7 nitrogen and oxygen atoms in total. The Balaban J connectivity index is 1.51. The average Bonchev–Trinajstić information content (AvgIpc) is 3.72. The van der Waals surface area contributed by atoms with Crippen LogP contribution in [-0.4, -0.2) is 63.0 Å². The second-order valence-corrected chi connectivity index (χ2v) is 11.3. The van der Waals surface area contributed by atoms with Gasteiger partial charge in [0.2, 0.25) is 15.9 Å². The fraction of sp³-hybridized carbons (Fsp3) is 0.444. The van der Waals surface area contributed by atoms with Crippen LogP contribution in [0.3, 0.4) is 0 Å². The molecule has 2 aromatic rings. The summed E-state index contributed by atoms with van der Waals surface area (Å²) in [6.07, 6.45) is 5.23. The third-order valence-electron chi connectivity index (χ3n) is 6.46.